The molecule has 1 saturated heterocycles. The zero-order valence-electron chi connectivity index (χ0n) is 11.9. The van der Waals surface area contributed by atoms with Crippen molar-refractivity contribution in [3.8, 4) is 5.75 Å². The molecule has 2 aliphatic rings. The second-order valence-electron chi connectivity index (χ2n) is 5.47. The monoisotopic (exact) mass is 312 g/mol. The van der Waals surface area contributed by atoms with Crippen LogP contribution in [0.25, 0.3) is 0 Å². The Morgan fingerprint density at radius 2 is 2.05 bits per heavy atom. The molecule has 1 aromatic carbocycles. The quantitative estimate of drug-likeness (QED) is 0.891. The van der Waals surface area contributed by atoms with Crippen LogP contribution in [0, 0.1) is 5.41 Å². The van der Waals surface area contributed by atoms with Gasteiger partial charge in [-0.3, -0.25) is 4.79 Å². The van der Waals surface area contributed by atoms with Crippen LogP contribution >= 0.6 is 12.4 Å². The number of ether oxygens (including phenoxy) is 2. The van der Waals surface area contributed by atoms with Gasteiger partial charge in [-0.15, -0.1) is 12.4 Å². The minimum Gasteiger partial charge on any atom is -0.493 e. The van der Waals surface area contributed by atoms with Crippen LogP contribution in [0.15, 0.2) is 18.2 Å². The molecule has 1 aromatic rings. The number of anilines is 1. The van der Waals surface area contributed by atoms with E-state index in [-0.39, 0.29) is 18.3 Å². The highest BCUT2D eigenvalue weighted by molar-refractivity contribution is 5.95. The summed E-state index contributed by atoms with van der Waals surface area (Å²) in [6, 6.07) is 5.78. The van der Waals surface area contributed by atoms with Gasteiger partial charge in [0.25, 0.3) is 0 Å². The minimum absolute atomic E-state index is 0. The zero-order chi connectivity index (χ0) is 14.0. The summed E-state index contributed by atoms with van der Waals surface area (Å²) >= 11 is 0. The first-order valence-electron chi connectivity index (χ1n) is 7.08. The topological polar surface area (TPSA) is 73.6 Å². The Hall–Kier alpha value is -1.30. The fourth-order valence-corrected chi connectivity index (χ4v) is 2.81. The van der Waals surface area contributed by atoms with E-state index in [0.717, 1.165) is 30.0 Å². The number of carbonyl (C=O) groups excluding carboxylic acids is 1. The van der Waals surface area contributed by atoms with E-state index in [9.17, 15) is 4.79 Å². The molecule has 0 atom stereocenters. The number of nitrogens with one attached hydrogen (secondary N) is 1. The number of benzene rings is 1. The predicted octanol–water partition coefficient (Wildman–Crippen LogP) is 1.74. The van der Waals surface area contributed by atoms with Crippen molar-refractivity contribution in [2.75, 3.05) is 31.7 Å². The first-order valence-corrected chi connectivity index (χ1v) is 7.08. The molecule has 21 heavy (non-hydrogen) atoms. The molecule has 0 unspecified atom stereocenters. The Bertz CT molecular complexity index is 516. The van der Waals surface area contributed by atoms with E-state index < -0.39 is 5.41 Å². The summed E-state index contributed by atoms with van der Waals surface area (Å²) in [5.41, 5.74) is 7.32. The van der Waals surface area contributed by atoms with Crippen LogP contribution in [-0.2, 0) is 16.0 Å². The molecule has 6 heteroatoms. The molecule has 0 radical (unpaired) electrons. The van der Waals surface area contributed by atoms with Gasteiger partial charge in [0.05, 0.1) is 12.0 Å². The summed E-state index contributed by atoms with van der Waals surface area (Å²) in [6.07, 6.45) is 2.27. The van der Waals surface area contributed by atoms with Crippen molar-refractivity contribution >= 4 is 24.0 Å². The van der Waals surface area contributed by atoms with Gasteiger partial charge in [0.2, 0.25) is 5.91 Å². The number of amides is 1. The van der Waals surface area contributed by atoms with E-state index in [1.54, 1.807) is 0 Å². The van der Waals surface area contributed by atoms with Crippen molar-refractivity contribution < 1.29 is 14.3 Å². The lowest BCUT2D eigenvalue weighted by molar-refractivity contribution is -0.130. The second kappa shape index (κ2) is 6.64. The molecular formula is C15H21ClN2O3. The smallest absolute Gasteiger partial charge is 0.232 e. The molecule has 2 aliphatic heterocycles. The first-order chi connectivity index (χ1) is 9.73. The van der Waals surface area contributed by atoms with E-state index in [0.29, 0.717) is 32.6 Å². The molecule has 0 bridgehead atoms. The molecule has 1 fully saturated rings. The summed E-state index contributed by atoms with van der Waals surface area (Å²) < 4.78 is 10.8. The van der Waals surface area contributed by atoms with Gasteiger partial charge in [0.15, 0.2) is 0 Å². The van der Waals surface area contributed by atoms with E-state index in [1.165, 1.54) is 0 Å². The number of hydrogen-bond donors (Lipinski definition) is 2. The van der Waals surface area contributed by atoms with Crippen LogP contribution in [0.2, 0.25) is 0 Å². The molecule has 0 saturated carbocycles. The van der Waals surface area contributed by atoms with Gasteiger partial charge in [-0.05, 0) is 36.6 Å². The Balaban J connectivity index is 0.00000161. The van der Waals surface area contributed by atoms with Crippen LogP contribution in [0.1, 0.15) is 18.4 Å². The van der Waals surface area contributed by atoms with Crippen molar-refractivity contribution in [3.05, 3.63) is 23.8 Å². The number of halogens is 1. The average Bonchev–Trinajstić information content (AvgIpc) is 2.95. The highest BCUT2D eigenvalue weighted by Crippen LogP contribution is 2.32. The fourth-order valence-electron chi connectivity index (χ4n) is 2.81. The molecular weight excluding hydrogens is 292 g/mol. The lowest BCUT2D eigenvalue weighted by Gasteiger charge is -2.34. The Kier molecular flexibility index (Phi) is 5.08. The maximum Gasteiger partial charge on any atom is 0.232 e. The molecule has 0 aliphatic carbocycles. The maximum atomic E-state index is 12.5. The van der Waals surface area contributed by atoms with Crippen LogP contribution in [0.4, 0.5) is 5.69 Å². The van der Waals surface area contributed by atoms with Gasteiger partial charge in [-0.2, -0.15) is 0 Å². The van der Waals surface area contributed by atoms with Gasteiger partial charge in [0, 0.05) is 31.9 Å². The highest BCUT2D eigenvalue weighted by atomic mass is 35.5. The lowest BCUT2D eigenvalue weighted by Crippen LogP contribution is -2.46. The predicted molar refractivity (Wildman–Crippen MR) is 83.1 cm³/mol. The zero-order valence-corrected chi connectivity index (χ0v) is 12.7. The van der Waals surface area contributed by atoms with Gasteiger partial charge in [0.1, 0.15) is 5.75 Å². The lowest BCUT2D eigenvalue weighted by atomic mass is 9.79. The van der Waals surface area contributed by atoms with Crippen molar-refractivity contribution in [1.82, 2.24) is 0 Å². The molecule has 3 N–H and O–H groups in total. The van der Waals surface area contributed by atoms with Gasteiger partial charge in [-0.25, -0.2) is 0 Å². The third-order valence-electron chi connectivity index (χ3n) is 4.27. The molecule has 0 spiro atoms. The van der Waals surface area contributed by atoms with Crippen molar-refractivity contribution in [2.24, 2.45) is 11.1 Å². The summed E-state index contributed by atoms with van der Waals surface area (Å²) in [6.45, 7) is 2.28. The molecule has 1 amide bonds. The Morgan fingerprint density at radius 1 is 1.29 bits per heavy atom. The van der Waals surface area contributed by atoms with Crippen LogP contribution in [0.5, 0.6) is 5.75 Å². The summed E-state index contributed by atoms with van der Waals surface area (Å²) in [5.74, 6) is 0.921. The average molecular weight is 313 g/mol. The first kappa shape index (κ1) is 16.1. The highest BCUT2D eigenvalue weighted by Gasteiger charge is 2.38. The van der Waals surface area contributed by atoms with Crippen LogP contribution in [0.3, 0.4) is 0 Å². The SMILES string of the molecule is Cl.NCC1(C(=O)Nc2ccc3c(c2)CCO3)CCOCC1. The number of nitrogens with two attached hydrogens (primary N) is 1. The minimum atomic E-state index is -0.492. The number of carbonyl (C=O) groups is 1. The number of hydrogen-bond acceptors (Lipinski definition) is 4. The summed E-state index contributed by atoms with van der Waals surface area (Å²) in [4.78, 5) is 12.5. The number of fused-ring (bicyclic) bond motifs is 1. The largest absolute Gasteiger partial charge is 0.493 e. The summed E-state index contributed by atoms with van der Waals surface area (Å²) in [5, 5.41) is 3.00. The van der Waals surface area contributed by atoms with Crippen LogP contribution < -0.4 is 15.8 Å². The molecule has 116 valence electrons. The Labute approximate surface area is 130 Å². The second-order valence-corrected chi connectivity index (χ2v) is 5.47. The van der Waals surface area contributed by atoms with E-state index >= 15 is 0 Å². The maximum absolute atomic E-state index is 12.5. The van der Waals surface area contributed by atoms with Crippen LogP contribution in [-0.4, -0.2) is 32.3 Å². The Morgan fingerprint density at radius 3 is 2.76 bits per heavy atom. The summed E-state index contributed by atoms with van der Waals surface area (Å²) in [7, 11) is 0. The van der Waals surface area contributed by atoms with E-state index in [2.05, 4.69) is 5.32 Å². The molecule has 0 aromatic heterocycles. The van der Waals surface area contributed by atoms with E-state index in [1.807, 2.05) is 18.2 Å². The molecule has 5 nitrogen and oxygen atoms in total. The third kappa shape index (κ3) is 3.15. The van der Waals surface area contributed by atoms with Crippen molar-refractivity contribution in [3.63, 3.8) is 0 Å². The third-order valence-corrected chi connectivity index (χ3v) is 4.27. The molecule has 3 rings (SSSR count). The normalized spacial score (nSPS) is 19.1. The van der Waals surface area contributed by atoms with Gasteiger partial charge < -0.3 is 20.5 Å². The number of rotatable bonds is 3. The van der Waals surface area contributed by atoms with Crippen molar-refractivity contribution in [2.45, 2.75) is 19.3 Å². The fraction of sp³-hybridized carbons (Fsp3) is 0.533. The molecule has 2 heterocycles. The van der Waals surface area contributed by atoms with Gasteiger partial charge in [-0.1, -0.05) is 0 Å². The standard InChI is InChI=1S/C15H20N2O3.ClH/c16-10-15(4-7-19-8-5-15)14(18)17-12-1-2-13-11(9-12)3-6-20-13;/h1-2,9H,3-8,10,16H2,(H,17,18);1H. The van der Waals surface area contributed by atoms with Crippen molar-refractivity contribution in [1.29, 1.82) is 0 Å². The van der Waals surface area contributed by atoms with Gasteiger partial charge >= 0.3 is 0 Å². The van der Waals surface area contributed by atoms with E-state index in [4.69, 9.17) is 15.2 Å².